The number of hydrogen-bond donors (Lipinski definition) is 2. The quantitative estimate of drug-likeness (QED) is 0.557. The Kier molecular flexibility index (Phi) is 3.85. The molecule has 0 aliphatic rings. The summed E-state index contributed by atoms with van der Waals surface area (Å²) in [5.41, 5.74) is 0. The molecule has 0 unspecified atom stereocenters. The number of nitrogens with zero attached hydrogens (tertiary/aromatic N) is 1. The summed E-state index contributed by atoms with van der Waals surface area (Å²) in [6.07, 6.45) is 3.27. The van der Waals surface area contributed by atoms with E-state index in [-0.39, 0.29) is 0 Å². The summed E-state index contributed by atoms with van der Waals surface area (Å²) in [6, 6.07) is 7.77. The van der Waals surface area contributed by atoms with Crippen LogP contribution in [0.4, 0.5) is 0 Å². The van der Waals surface area contributed by atoms with Gasteiger partial charge < -0.3 is 5.11 Å². The monoisotopic (exact) mass is 256 g/mol. The first kappa shape index (κ1) is 10.9. The maximum atomic E-state index is 9.10. The molecule has 0 bridgehead atoms. The fourth-order valence-electron chi connectivity index (χ4n) is 1.15. The SMILES string of the molecule is CO.O[n+]1ccc2cc(Br)ccc2c1. The molecule has 0 saturated carbocycles. The van der Waals surface area contributed by atoms with Gasteiger partial charge in [0.2, 0.25) is 12.4 Å². The lowest BCUT2D eigenvalue weighted by Gasteiger charge is -1.93. The Morgan fingerprint density at radius 3 is 2.57 bits per heavy atom. The molecule has 4 heteroatoms. The van der Waals surface area contributed by atoms with Crippen LogP contribution >= 0.6 is 15.9 Å². The lowest BCUT2D eigenvalue weighted by molar-refractivity contribution is -0.903. The highest BCUT2D eigenvalue weighted by Crippen LogP contribution is 2.17. The van der Waals surface area contributed by atoms with Crippen LogP contribution in [0.15, 0.2) is 41.1 Å². The van der Waals surface area contributed by atoms with E-state index in [1.165, 1.54) is 0 Å². The summed E-state index contributed by atoms with van der Waals surface area (Å²) < 4.78 is 2.10. The minimum atomic E-state index is 1.00. The van der Waals surface area contributed by atoms with Crippen LogP contribution in [0, 0.1) is 0 Å². The van der Waals surface area contributed by atoms with Crippen LogP contribution in [-0.4, -0.2) is 17.4 Å². The Morgan fingerprint density at radius 1 is 1.14 bits per heavy atom. The summed E-state index contributed by atoms with van der Waals surface area (Å²) in [6.45, 7) is 0. The van der Waals surface area contributed by atoms with E-state index >= 15 is 0 Å². The molecule has 2 N–H and O–H groups in total. The van der Waals surface area contributed by atoms with Crippen molar-refractivity contribution in [3.8, 4) is 0 Å². The molecule has 0 spiro atoms. The zero-order valence-electron chi connectivity index (χ0n) is 7.68. The summed E-state index contributed by atoms with van der Waals surface area (Å²) in [4.78, 5) is 0. The molecule has 0 fully saturated rings. The average molecular weight is 257 g/mol. The first-order valence-corrected chi connectivity index (χ1v) is 4.79. The van der Waals surface area contributed by atoms with E-state index in [4.69, 9.17) is 10.3 Å². The van der Waals surface area contributed by atoms with E-state index in [9.17, 15) is 0 Å². The number of fused-ring (bicyclic) bond motifs is 1. The van der Waals surface area contributed by atoms with Gasteiger partial charge in [-0.2, -0.15) is 0 Å². The Bertz CT molecular complexity index is 390. The van der Waals surface area contributed by atoms with E-state index < -0.39 is 0 Å². The zero-order chi connectivity index (χ0) is 10.6. The fourth-order valence-corrected chi connectivity index (χ4v) is 1.53. The van der Waals surface area contributed by atoms with Gasteiger partial charge in [-0.15, -0.1) is 0 Å². The van der Waals surface area contributed by atoms with Crippen molar-refractivity contribution in [2.75, 3.05) is 7.11 Å². The van der Waals surface area contributed by atoms with Crippen LogP contribution in [0.3, 0.4) is 0 Å². The molecular formula is C10H11BrNO2+. The molecule has 2 rings (SSSR count). The molecule has 1 aromatic heterocycles. The second-order valence-corrected chi connectivity index (χ2v) is 3.51. The topological polar surface area (TPSA) is 44.3 Å². The summed E-state index contributed by atoms with van der Waals surface area (Å²) >= 11 is 3.38. The second-order valence-electron chi connectivity index (χ2n) is 2.60. The number of hydrogen-bond acceptors (Lipinski definition) is 2. The summed E-state index contributed by atoms with van der Waals surface area (Å²) in [5, 5.41) is 18.2. The van der Waals surface area contributed by atoms with Gasteiger partial charge in [-0.05, 0) is 23.6 Å². The van der Waals surface area contributed by atoms with Gasteiger partial charge >= 0.3 is 0 Å². The lowest BCUT2D eigenvalue weighted by atomic mass is 10.2. The molecule has 0 amide bonds. The maximum Gasteiger partial charge on any atom is 0.230 e. The van der Waals surface area contributed by atoms with E-state index in [2.05, 4.69) is 15.9 Å². The zero-order valence-corrected chi connectivity index (χ0v) is 9.27. The fraction of sp³-hybridized carbons (Fsp3) is 0.100. The third-order valence-electron chi connectivity index (χ3n) is 1.73. The van der Waals surface area contributed by atoms with Crippen LogP contribution in [0.5, 0.6) is 0 Å². The number of aliphatic hydroxyl groups excluding tert-OH is 1. The highest BCUT2D eigenvalue weighted by Gasteiger charge is 2.00. The van der Waals surface area contributed by atoms with Crippen molar-refractivity contribution >= 4 is 26.7 Å². The summed E-state index contributed by atoms with van der Waals surface area (Å²) in [7, 11) is 1.00. The van der Waals surface area contributed by atoms with Gasteiger partial charge in [-0.25, -0.2) is 0 Å². The van der Waals surface area contributed by atoms with Crippen LogP contribution in [-0.2, 0) is 0 Å². The molecule has 2 aromatic rings. The van der Waals surface area contributed by atoms with Crippen molar-refractivity contribution < 1.29 is 15.0 Å². The van der Waals surface area contributed by atoms with E-state index in [1.807, 2.05) is 24.3 Å². The molecule has 0 atom stereocenters. The van der Waals surface area contributed by atoms with Crippen LogP contribution in [0.2, 0.25) is 0 Å². The number of aliphatic hydroxyl groups is 1. The number of aromatic nitrogens is 1. The van der Waals surface area contributed by atoms with Crippen molar-refractivity contribution in [1.29, 1.82) is 0 Å². The molecule has 3 nitrogen and oxygen atoms in total. The number of halogens is 1. The standard InChI is InChI=1S/C9H7BrNO.CH4O/c10-9-2-1-8-6-11(12)4-3-7(8)5-9;1-2/h1-6,12H;2H,1H3/q+1;. The molecule has 1 heterocycles. The predicted octanol–water partition coefficient (Wildman–Crippen LogP) is 1.74. The Balaban J connectivity index is 0.000000461. The van der Waals surface area contributed by atoms with Gasteiger partial charge in [0.1, 0.15) is 0 Å². The third kappa shape index (κ3) is 2.43. The highest BCUT2D eigenvalue weighted by atomic mass is 79.9. The Hall–Kier alpha value is -1.13. The van der Waals surface area contributed by atoms with Crippen molar-refractivity contribution in [3.63, 3.8) is 0 Å². The van der Waals surface area contributed by atoms with Gasteiger partial charge in [-0.1, -0.05) is 15.9 Å². The van der Waals surface area contributed by atoms with Gasteiger partial charge in [0.15, 0.2) is 0 Å². The van der Waals surface area contributed by atoms with Crippen LogP contribution < -0.4 is 4.73 Å². The third-order valence-corrected chi connectivity index (χ3v) is 2.22. The van der Waals surface area contributed by atoms with Gasteiger partial charge in [-0.3, -0.25) is 5.21 Å². The van der Waals surface area contributed by atoms with Crippen LogP contribution in [0.1, 0.15) is 0 Å². The smallest absolute Gasteiger partial charge is 0.230 e. The highest BCUT2D eigenvalue weighted by molar-refractivity contribution is 9.10. The van der Waals surface area contributed by atoms with Gasteiger partial charge in [0.25, 0.3) is 0 Å². The molecule has 74 valence electrons. The average Bonchev–Trinajstić information content (AvgIpc) is 2.21. The molecule has 14 heavy (non-hydrogen) atoms. The minimum absolute atomic E-state index is 1.00. The van der Waals surface area contributed by atoms with Crippen LogP contribution in [0.25, 0.3) is 10.8 Å². The van der Waals surface area contributed by atoms with E-state index in [1.54, 1.807) is 12.4 Å². The largest absolute Gasteiger partial charge is 0.400 e. The number of rotatable bonds is 0. The van der Waals surface area contributed by atoms with Gasteiger partial charge in [0, 0.05) is 22.4 Å². The first-order valence-electron chi connectivity index (χ1n) is 4.00. The Morgan fingerprint density at radius 2 is 1.86 bits per heavy atom. The first-order chi connectivity index (χ1) is 6.75. The molecule has 0 radical (unpaired) electrons. The van der Waals surface area contributed by atoms with Crippen molar-refractivity contribution in [3.05, 3.63) is 41.1 Å². The predicted molar refractivity (Wildman–Crippen MR) is 57.2 cm³/mol. The maximum absolute atomic E-state index is 9.10. The van der Waals surface area contributed by atoms with E-state index in [0.29, 0.717) is 0 Å². The van der Waals surface area contributed by atoms with Gasteiger partial charge in [0.05, 0.1) is 5.39 Å². The lowest BCUT2D eigenvalue weighted by Crippen LogP contribution is -2.27. The molecule has 1 aromatic carbocycles. The van der Waals surface area contributed by atoms with E-state index in [0.717, 1.165) is 27.1 Å². The van der Waals surface area contributed by atoms with Crippen molar-refractivity contribution in [2.45, 2.75) is 0 Å². The molecule has 0 saturated heterocycles. The second kappa shape index (κ2) is 4.93. The van der Waals surface area contributed by atoms with Crippen molar-refractivity contribution in [1.82, 2.24) is 0 Å². The Labute approximate surface area is 90.3 Å². The number of benzene rings is 1. The molecule has 0 aliphatic heterocycles. The summed E-state index contributed by atoms with van der Waals surface area (Å²) in [5.74, 6) is 0. The normalized spacial score (nSPS) is 9.36. The number of pyridine rings is 1. The molecular weight excluding hydrogens is 246 g/mol. The molecule has 0 aliphatic carbocycles. The van der Waals surface area contributed by atoms with Crippen molar-refractivity contribution in [2.24, 2.45) is 0 Å². The minimum Gasteiger partial charge on any atom is -0.400 e.